The number of halogens is 4. The first-order chi connectivity index (χ1) is 10.1. The Bertz CT molecular complexity index is 713. The number of aromatic hydroxyl groups is 1. The molecule has 0 radical (unpaired) electrons. The van der Waals surface area contributed by atoms with Crippen molar-refractivity contribution in [3.8, 4) is 17.0 Å². The molecular formula is C15H13F4NO2. The minimum absolute atomic E-state index is 0.130. The molecule has 1 aromatic heterocycles. The van der Waals surface area contributed by atoms with Crippen LogP contribution in [0.3, 0.4) is 0 Å². The van der Waals surface area contributed by atoms with E-state index in [-0.39, 0.29) is 28.1 Å². The van der Waals surface area contributed by atoms with Gasteiger partial charge < -0.3 is 10.2 Å². The van der Waals surface area contributed by atoms with E-state index in [4.69, 9.17) is 0 Å². The van der Waals surface area contributed by atoms with E-state index in [0.29, 0.717) is 0 Å². The normalized spacial score (nSPS) is 13.2. The summed E-state index contributed by atoms with van der Waals surface area (Å²) >= 11 is 0. The SMILES string of the molecule is Cc1cc(-c2nc(C(O)C(F)(F)F)cc(C)c2O)ccc1F. The predicted molar refractivity (Wildman–Crippen MR) is 71.8 cm³/mol. The minimum atomic E-state index is -4.87. The van der Waals surface area contributed by atoms with Gasteiger partial charge in [-0.15, -0.1) is 0 Å². The van der Waals surface area contributed by atoms with Crippen LogP contribution >= 0.6 is 0 Å². The number of pyridine rings is 1. The van der Waals surface area contributed by atoms with Gasteiger partial charge in [0.05, 0.1) is 5.69 Å². The average molecular weight is 315 g/mol. The molecule has 1 heterocycles. The summed E-state index contributed by atoms with van der Waals surface area (Å²) in [6, 6.07) is 4.76. The summed E-state index contributed by atoms with van der Waals surface area (Å²) in [4.78, 5) is 3.70. The van der Waals surface area contributed by atoms with Gasteiger partial charge in [-0.25, -0.2) is 9.37 Å². The molecule has 0 spiro atoms. The third-order valence-electron chi connectivity index (χ3n) is 3.22. The van der Waals surface area contributed by atoms with E-state index < -0.39 is 23.8 Å². The first-order valence-electron chi connectivity index (χ1n) is 6.33. The molecule has 118 valence electrons. The second-order valence-corrected chi connectivity index (χ2v) is 4.97. The molecule has 22 heavy (non-hydrogen) atoms. The van der Waals surface area contributed by atoms with Crippen LogP contribution in [0.1, 0.15) is 22.9 Å². The minimum Gasteiger partial charge on any atom is -0.505 e. The van der Waals surface area contributed by atoms with Crippen molar-refractivity contribution >= 4 is 0 Å². The number of rotatable bonds is 2. The van der Waals surface area contributed by atoms with Crippen LogP contribution in [-0.4, -0.2) is 21.4 Å². The molecule has 1 unspecified atom stereocenters. The maximum absolute atomic E-state index is 13.3. The van der Waals surface area contributed by atoms with Crippen LogP contribution < -0.4 is 0 Å². The number of nitrogens with zero attached hydrogens (tertiary/aromatic N) is 1. The number of benzene rings is 1. The Morgan fingerprint density at radius 3 is 2.27 bits per heavy atom. The number of aromatic nitrogens is 1. The van der Waals surface area contributed by atoms with Gasteiger partial charge in [0.15, 0.2) is 6.10 Å². The van der Waals surface area contributed by atoms with Gasteiger partial charge in [0.2, 0.25) is 0 Å². The van der Waals surface area contributed by atoms with Crippen LogP contribution in [0, 0.1) is 19.7 Å². The maximum Gasteiger partial charge on any atom is 0.420 e. The maximum atomic E-state index is 13.3. The Hall–Kier alpha value is -2.15. The zero-order valence-corrected chi connectivity index (χ0v) is 11.7. The van der Waals surface area contributed by atoms with E-state index in [1.165, 1.54) is 26.0 Å². The molecule has 7 heteroatoms. The van der Waals surface area contributed by atoms with Crippen LogP contribution in [0.25, 0.3) is 11.3 Å². The molecule has 2 aromatic rings. The van der Waals surface area contributed by atoms with Gasteiger partial charge in [0.1, 0.15) is 17.3 Å². The molecule has 2 rings (SSSR count). The third kappa shape index (κ3) is 3.04. The van der Waals surface area contributed by atoms with E-state index in [1.807, 2.05) is 0 Å². The zero-order valence-electron chi connectivity index (χ0n) is 11.7. The van der Waals surface area contributed by atoms with Gasteiger partial charge in [0, 0.05) is 5.56 Å². The van der Waals surface area contributed by atoms with Crippen molar-refractivity contribution in [1.82, 2.24) is 4.98 Å². The topological polar surface area (TPSA) is 53.4 Å². The van der Waals surface area contributed by atoms with Crippen molar-refractivity contribution in [2.24, 2.45) is 0 Å². The predicted octanol–water partition coefficient (Wildman–Crippen LogP) is 3.81. The lowest BCUT2D eigenvalue weighted by atomic mass is 10.0. The molecular weight excluding hydrogens is 302 g/mol. The van der Waals surface area contributed by atoms with Crippen molar-refractivity contribution in [3.63, 3.8) is 0 Å². The zero-order chi connectivity index (χ0) is 16.7. The van der Waals surface area contributed by atoms with Gasteiger partial charge in [-0.2, -0.15) is 13.2 Å². The molecule has 0 aliphatic carbocycles. The van der Waals surface area contributed by atoms with E-state index in [2.05, 4.69) is 4.98 Å². The second kappa shape index (κ2) is 5.57. The lowest BCUT2D eigenvalue weighted by molar-refractivity contribution is -0.207. The Balaban J connectivity index is 2.60. The summed E-state index contributed by atoms with van der Waals surface area (Å²) in [7, 11) is 0. The van der Waals surface area contributed by atoms with Crippen molar-refractivity contribution in [2.45, 2.75) is 26.1 Å². The third-order valence-corrected chi connectivity index (χ3v) is 3.22. The lowest BCUT2D eigenvalue weighted by Gasteiger charge is -2.17. The molecule has 0 aliphatic heterocycles. The quantitative estimate of drug-likeness (QED) is 0.829. The number of hydrogen-bond donors (Lipinski definition) is 2. The highest BCUT2D eigenvalue weighted by atomic mass is 19.4. The number of aryl methyl sites for hydroxylation is 2. The number of hydrogen-bond acceptors (Lipinski definition) is 3. The van der Waals surface area contributed by atoms with Crippen LogP contribution in [0.2, 0.25) is 0 Å². The summed E-state index contributed by atoms with van der Waals surface area (Å²) in [6.07, 6.45) is -7.63. The van der Waals surface area contributed by atoms with Crippen molar-refractivity contribution in [1.29, 1.82) is 0 Å². The monoisotopic (exact) mass is 315 g/mol. The number of alkyl halides is 3. The highest BCUT2D eigenvalue weighted by Gasteiger charge is 2.40. The Labute approximate surface area is 123 Å². The fourth-order valence-corrected chi connectivity index (χ4v) is 1.99. The van der Waals surface area contributed by atoms with Gasteiger partial charge in [-0.1, -0.05) is 0 Å². The van der Waals surface area contributed by atoms with Gasteiger partial charge in [-0.05, 0) is 49.2 Å². The highest BCUT2D eigenvalue weighted by Crippen LogP contribution is 2.37. The molecule has 1 aromatic carbocycles. The van der Waals surface area contributed by atoms with Gasteiger partial charge >= 0.3 is 6.18 Å². The van der Waals surface area contributed by atoms with Crippen LogP contribution in [0.4, 0.5) is 17.6 Å². The Morgan fingerprint density at radius 1 is 1.09 bits per heavy atom. The van der Waals surface area contributed by atoms with E-state index in [0.717, 1.165) is 12.1 Å². The summed E-state index contributed by atoms with van der Waals surface area (Å²) in [6.45, 7) is 2.88. The van der Waals surface area contributed by atoms with E-state index in [1.54, 1.807) is 0 Å². The van der Waals surface area contributed by atoms with Crippen LogP contribution in [0.15, 0.2) is 24.3 Å². The van der Waals surface area contributed by atoms with Gasteiger partial charge in [-0.3, -0.25) is 0 Å². The van der Waals surface area contributed by atoms with E-state index >= 15 is 0 Å². The molecule has 0 amide bonds. The van der Waals surface area contributed by atoms with Crippen molar-refractivity contribution in [2.75, 3.05) is 0 Å². The molecule has 0 saturated heterocycles. The first-order valence-corrected chi connectivity index (χ1v) is 6.33. The molecule has 0 saturated carbocycles. The number of aliphatic hydroxyl groups is 1. The average Bonchev–Trinajstić information content (AvgIpc) is 2.43. The smallest absolute Gasteiger partial charge is 0.420 e. The van der Waals surface area contributed by atoms with Crippen molar-refractivity contribution in [3.05, 3.63) is 46.9 Å². The van der Waals surface area contributed by atoms with Gasteiger partial charge in [0.25, 0.3) is 0 Å². The van der Waals surface area contributed by atoms with Crippen molar-refractivity contribution < 1.29 is 27.8 Å². The first kappa shape index (κ1) is 16.2. The second-order valence-electron chi connectivity index (χ2n) is 4.97. The molecule has 2 N–H and O–H groups in total. The standard InChI is InChI=1S/C15H13F4NO2/c1-7-5-9(3-4-10(7)16)12-13(21)8(2)6-11(20-12)14(22)15(17,18)19/h3-6,14,21-22H,1-2H3. The molecule has 0 fully saturated rings. The molecule has 3 nitrogen and oxygen atoms in total. The Morgan fingerprint density at radius 2 is 1.73 bits per heavy atom. The molecule has 0 bridgehead atoms. The highest BCUT2D eigenvalue weighted by molar-refractivity contribution is 5.68. The van der Waals surface area contributed by atoms with Crippen LogP contribution in [0.5, 0.6) is 5.75 Å². The van der Waals surface area contributed by atoms with E-state index in [9.17, 15) is 27.8 Å². The Kier molecular flexibility index (Phi) is 4.10. The fourth-order valence-electron chi connectivity index (χ4n) is 1.99. The summed E-state index contributed by atoms with van der Waals surface area (Å²) < 4.78 is 51.1. The molecule has 1 atom stereocenters. The number of aliphatic hydroxyl groups excluding tert-OH is 1. The summed E-state index contributed by atoms with van der Waals surface area (Å²) in [5.41, 5.74) is -0.111. The van der Waals surface area contributed by atoms with Crippen LogP contribution in [-0.2, 0) is 0 Å². The lowest BCUT2D eigenvalue weighted by Crippen LogP contribution is -2.21. The fraction of sp³-hybridized carbons (Fsp3) is 0.267. The largest absolute Gasteiger partial charge is 0.505 e. The summed E-state index contributed by atoms with van der Waals surface area (Å²) in [5, 5.41) is 19.3. The molecule has 0 aliphatic rings. The summed E-state index contributed by atoms with van der Waals surface area (Å²) in [5.74, 6) is -0.796.